The van der Waals surface area contributed by atoms with E-state index in [-0.39, 0.29) is 0 Å². The molecule has 1 unspecified atom stereocenters. The summed E-state index contributed by atoms with van der Waals surface area (Å²) in [5.41, 5.74) is 2.09. The molecule has 1 atom stereocenters. The molecule has 4 heteroatoms. The van der Waals surface area contributed by atoms with Crippen LogP contribution < -0.4 is 0 Å². The second kappa shape index (κ2) is 5.34. The highest BCUT2D eigenvalue weighted by atomic mass is 35.5. The third kappa shape index (κ3) is 3.58. The zero-order valence-electron chi connectivity index (χ0n) is 9.68. The monoisotopic (exact) mass is 250 g/mol. The lowest BCUT2D eigenvalue weighted by Gasteiger charge is -2.09. The van der Waals surface area contributed by atoms with Crippen molar-refractivity contribution in [1.82, 2.24) is 9.78 Å². The minimum absolute atomic E-state index is 0.405. The fourth-order valence-corrected chi connectivity index (χ4v) is 2.07. The SMILES string of the molecule is Cn1cc(CC(O)Cc2cccc(Cl)c2)cn1. The lowest BCUT2D eigenvalue weighted by molar-refractivity contribution is 0.175. The number of benzene rings is 1. The highest BCUT2D eigenvalue weighted by molar-refractivity contribution is 6.30. The molecule has 3 nitrogen and oxygen atoms in total. The number of aromatic nitrogens is 2. The van der Waals surface area contributed by atoms with E-state index in [1.807, 2.05) is 37.5 Å². The Morgan fingerprint density at radius 1 is 1.35 bits per heavy atom. The van der Waals surface area contributed by atoms with E-state index in [0.29, 0.717) is 17.9 Å². The molecule has 0 aliphatic heterocycles. The summed E-state index contributed by atoms with van der Waals surface area (Å²) in [5, 5.41) is 14.8. The lowest BCUT2D eigenvalue weighted by atomic mass is 10.0. The van der Waals surface area contributed by atoms with E-state index < -0.39 is 6.10 Å². The summed E-state index contributed by atoms with van der Waals surface area (Å²) in [6.07, 6.45) is 4.51. The number of rotatable bonds is 4. The van der Waals surface area contributed by atoms with E-state index in [1.54, 1.807) is 10.9 Å². The Hall–Kier alpha value is -1.32. The van der Waals surface area contributed by atoms with Crippen LogP contribution in [0.25, 0.3) is 0 Å². The molecule has 0 aliphatic rings. The first-order valence-corrected chi connectivity index (χ1v) is 5.91. The third-order valence-electron chi connectivity index (χ3n) is 2.59. The largest absolute Gasteiger partial charge is 0.392 e. The van der Waals surface area contributed by atoms with Crippen molar-refractivity contribution >= 4 is 11.6 Å². The summed E-state index contributed by atoms with van der Waals surface area (Å²) in [6.45, 7) is 0. The van der Waals surface area contributed by atoms with E-state index in [2.05, 4.69) is 5.10 Å². The molecule has 1 aromatic carbocycles. The Morgan fingerprint density at radius 2 is 2.12 bits per heavy atom. The van der Waals surface area contributed by atoms with Crippen LogP contribution in [0.1, 0.15) is 11.1 Å². The summed E-state index contributed by atoms with van der Waals surface area (Å²) in [4.78, 5) is 0. The maximum atomic E-state index is 9.98. The van der Waals surface area contributed by atoms with Crippen LogP contribution in [0.2, 0.25) is 5.02 Å². The molecule has 0 saturated carbocycles. The van der Waals surface area contributed by atoms with E-state index in [0.717, 1.165) is 11.1 Å². The Labute approximate surface area is 106 Å². The minimum atomic E-state index is -0.405. The third-order valence-corrected chi connectivity index (χ3v) is 2.83. The van der Waals surface area contributed by atoms with Crippen molar-refractivity contribution in [2.45, 2.75) is 18.9 Å². The van der Waals surface area contributed by atoms with Gasteiger partial charge in [0.1, 0.15) is 0 Å². The number of aliphatic hydroxyl groups excluding tert-OH is 1. The fourth-order valence-electron chi connectivity index (χ4n) is 1.86. The molecule has 0 spiro atoms. The van der Waals surface area contributed by atoms with Gasteiger partial charge in [0.2, 0.25) is 0 Å². The topological polar surface area (TPSA) is 38.0 Å². The van der Waals surface area contributed by atoms with Gasteiger partial charge in [-0.3, -0.25) is 4.68 Å². The van der Waals surface area contributed by atoms with Crippen LogP contribution >= 0.6 is 11.6 Å². The van der Waals surface area contributed by atoms with Gasteiger partial charge in [-0.25, -0.2) is 0 Å². The molecule has 17 heavy (non-hydrogen) atoms. The number of halogens is 1. The molecule has 0 saturated heterocycles. The van der Waals surface area contributed by atoms with E-state index in [4.69, 9.17) is 11.6 Å². The van der Waals surface area contributed by atoms with Gasteiger partial charge in [0.15, 0.2) is 0 Å². The molecule has 1 N–H and O–H groups in total. The predicted octanol–water partition coefficient (Wildman–Crippen LogP) is 2.22. The molecule has 2 aromatic rings. The van der Waals surface area contributed by atoms with Crippen LogP contribution in [0.4, 0.5) is 0 Å². The Balaban J connectivity index is 1.95. The molecular weight excluding hydrogens is 236 g/mol. The molecule has 0 bridgehead atoms. The van der Waals surface area contributed by atoms with Gasteiger partial charge in [0, 0.05) is 24.7 Å². The van der Waals surface area contributed by atoms with Crippen molar-refractivity contribution in [1.29, 1.82) is 0 Å². The molecule has 1 aromatic heterocycles. The standard InChI is InChI=1S/C13H15ClN2O/c1-16-9-11(8-15-16)7-13(17)6-10-3-2-4-12(14)5-10/h2-5,8-9,13,17H,6-7H2,1H3. The molecule has 0 radical (unpaired) electrons. The van der Waals surface area contributed by atoms with Crippen molar-refractivity contribution in [3.8, 4) is 0 Å². The molecule has 2 rings (SSSR count). The average Bonchev–Trinajstić information content (AvgIpc) is 2.63. The van der Waals surface area contributed by atoms with Gasteiger partial charge in [-0.15, -0.1) is 0 Å². The van der Waals surface area contributed by atoms with Gasteiger partial charge in [-0.05, 0) is 29.7 Å². The van der Waals surface area contributed by atoms with Gasteiger partial charge >= 0.3 is 0 Å². The average molecular weight is 251 g/mol. The van der Waals surface area contributed by atoms with Gasteiger partial charge in [0.05, 0.1) is 12.3 Å². The van der Waals surface area contributed by atoms with Gasteiger partial charge < -0.3 is 5.11 Å². The number of aliphatic hydroxyl groups is 1. The molecule has 0 amide bonds. The second-order valence-corrected chi connectivity index (χ2v) is 4.65. The van der Waals surface area contributed by atoms with Gasteiger partial charge in [0.25, 0.3) is 0 Å². The highest BCUT2D eigenvalue weighted by Gasteiger charge is 2.08. The van der Waals surface area contributed by atoms with E-state index in [1.165, 1.54) is 0 Å². The summed E-state index contributed by atoms with van der Waals surface area (Å²) in [6, 6.07) is 7.58. The first kappa shape index (κ1) is 12.1. The fraction of sp³-hybridized carbons (Fsp3) is 0.308. The van der Waals surface area contributed by atoms with Gasteiger partial charge in [-0.2, -0.15) is 5.10 Å². The summed E-state index contributed by atoms with van der Waals surface area (Å²) >= 11 is 5.90. The number of nitrogens with zero attached hydrogens (tertiary/aromatic N) is 2. The van der Waals surface area contributed by atoms with Crippen LogP contribution in [0.5, 0.6) is 0 Å². The van der Waals surface area contributed by atoms with Crippen LogP contribution in [0.3, 0.4) is 0 Å². The van der Waals surface area contributed by atoms with Crippen LogP contribution in [-0.2, 0) is 19.9 Å². The van der Waals surface area contributed by atoms with Crippen LogP contribution in [0.15, 0.2) is 36.7 Å². The molecule has 0 fully saturated rings. The summed E-state index contributed by atoms with van der Waals surface area (Å²) in [5.74, 6) is 0. The zero-order chi connectivity index (χ0) is 12.3. The van der Waals surface area contributed by atoms with E-state index >= 15 is 0 Å². The van der Waals surface area contributed by atoms with Gasteiger partial charge in [-0.1, -0.05) is 23.7 Å². The Kier molecular flexibility index (Phi) is 3.82. The first-order valence-electron chi connectivity index (χ1n) is 5.53. The second-order valence-electron chi connectivity index (χ2n) is 4.21. The molecule has 90 valence electrons. The van der Waals surface area contributed by atoms with Crippen molar-refractivity contribution < 1.29 is 5.11 Å². The van der Waals surface area contributed by atoms with Crippen molar-refractivity contribution in [2.24, 2.45) is 7.05 Å². The maximum Gasteiger partial charge on any atom is 0.0622 e. The minimum Gasteiger partial charge on any atom is -0.392 e. The number of hydrogen-bond acceptors (Lipinski definition) is 2. The van der Waals surface area contributed by atoms with Crippen LogP contribution in [-0.4, -0.2) is 21.0 Å². The first-order chi connectivity index (χ1) is 8.13. The van der Waals surface area contributed by atoms with Crippen molar-refractivity contribution in [2.75, 3.05) is 0 Å². The van der Waals surface area contributed by atoms with E-state index in [9.17, 15) is 5.11 Å². The van der Waals surface area contributed by atoms with Crippen LogP contribution in [0, 0.1) is 0 Å². The van der Waals surface area contributed by atoms with Crippen molar-refractivity contribution in [3.63, 3.8) is 0 Å². The predicted molar refractivity (Wildman–Crippen MR) is 68.1 cm³/mol. The molecule has 1 heterocycles. The summed E-state index contributed by atoms with van der Waals surface area (Å²) in [7, 11) is 1.87. The maximum absolute atomic E-state index is 9.98. The highest BCUT2D eigenvalue weighted by Crippen LogP contribution is 2.13. The normalized spacial score (nSPS) is 12.6. The van der Waals surface area contributed by atoms with Crippen molar-refractivity contribution in [3.05, 3.63) is 52.8 Å². The molecular formula is C13H15ClN2O. The molecule has 0 aliphatic carbocycles. The lowest BCUT2D eigenvalue weighted by Crippen LogP contribution is -2.13. The zero-order valence-corrected chi connectivity index (χ0v) is 10.4. The Morgan fingerprint density at radius 3 is 2.76 bits per heavy atom. The summed E-state index contributed by atoms with van der Waals surface area (Å²) < 4.78 is 1.74. The quantitative estimate of drug-likeness (QED) is 0.904. The number of hydrogen-bond donors (Lipinski definition) is 1. The number of aryl methyl sites for hydroxylation is 1. The Bertz CT molecular complexity index is 496. The smallest absolute Gasteiger partial charge is 0.0622 e.